The third-order valence-electron chi connectivity index (χ3n) is 5.23. The quantitative estimate of drug-likeness (QED) is 0.495. The maximum Gasteiger partial charge on any atom is 0.410 e. The van der Waals surface area contributed by atoms with Gasteiger partial charge in [0.1, 0.15) is 17.3 Å². The third kappa shape index (κ3) is 4.54. The summed E-state index contributed by atoms with van der Waals surface area (Å²) in [5.74, 6) is -1.18. The molecule has 4 N–H and O–H groups in total. The Hall–Kier alpha value is -2.72. The first-order valence-electron chi connectivity index (χ1n) is 9.13. The number of amides is 2. The molecule has 1 saturated heterocycles. The zero-order valence-electron chi connectivity index (χ0n) is 15.9. The molecule has 0 spiro atoms. The molecule has 0 bridgehead atoms. The number of rotatable bonds is 6. The van der Waals surface area contributed by atoms with Gasteiger partial charge in [-0.1, -0.05) is 12.1 Å². The summed E-state index contributed by atoms with van der Waals surface area (Å²) in [6, 6.07) is 9.95. The number of hydrogen-bond acceptors (Lipinski definition) is 5. The number of halogens is 2. The summed E-state index contributed by atoms with van der Waals surface area (Å²) in [4.78, 5) is 24.6. The standard InChI is InChI=1S/C19H20FIN6O3/c20-15-11-26(9-12-1-3-13(21)4-2-12)8-6-19(15,5-7-22)27-10-14(16(23)28)17(25-27)24-18(29)30/h1-4,10,15H,5-6,8-9,11H2,(H2,23,28)(H,24,25)(H,29,30). The summed E-state index contributed by atoms with van der Waals surface area (Å²) in [5.41, 5.74) is 4.87. The molecular weight excluding hydrogens is 506 g/mol. The average molecular weight is 526 g/mol. The Morgan fingerprint density at radius 2 is 2.13 bits per heavy atom. The predicted octanol–water partition coefficient (Wildman–Crippen LogP) is 2.53. The lowest BCUT2D eigenvalue weighted by Crippen LogP contribution is -2.54. The first-order valence-corrected chi connectivity index (χ1v) is 10.2. The van der Waals surface area contributed by atoms with Crippen LogP contribution in [0.2, 0.25) is 0 Å². The number of nitrogens with one attached hydrogen (secondary N) is 1. The molecule has 1 fully saturated rings. The van der Waals surface area contributed by atoms with Crippen molar-refractivity contribution in [1.82, 2.24) is 14.7 Å². The molecule has 158 valence electrons. The van der Waals surface area contributed by atoms with Crippen molar-refractivity contribution >= 4 is 40.4 Å². The van der Waals surface area contributed by atoms with Crippen LogP contribution < -0.4 is 11.1 Å². The fraction of sp³-hybridized carbons (Fsp3) is 0.368. The van der Waals surface area contributed by atoms with Crippen LogP contribution in [0.4, 0.5) is 15.0 Å². The first-order chi connectivity index (χ1) is 14.2. The number of likely N-dealkylation sites (tertiary alicyclic amines) is 1. The highest BCUT2D eigenvalue weighted by Crippen LogP contribution is 2.37. The average Bonchev–Trinajstić information content (AvgIpc) is 3.10. The molecule has 2 unspecified atom stereocenters. The van der Waals surface area contributed by atoms with Gasteiger partial charge in [-0.3, -0.25) is 19.7 Å². The highest BCUT2D eigenvalue weighted by atomic mass is 127. The van der Waals surface area contributed by atoms with Crippen LogP contribution in [0.15, 0.2) is 30.5 Å². The van der Waals surface area contributed by atoms with E-state index in [-0.39, 0.29) is 30.8 Å². The molecule has 1 aromatic carbocycles. The Morgan fingerprint density at radius 3 is 2.70 bits per heavy atom. The van der Waals surface area contributed by atoms with Crippen LogP contribution in [-0.2, 0) is 12.1 Å². The van der Waals surface area contributed by atoms with Crippen LogP contribution >= 0.6 is 22.6 Å². The Balaban J connectivity index is 1.86. The second-order valence-electron chi connectivity index (χ2n) is 7.15. The zero-order valence-corrected chi connectivity index (χ0v) is 18.0. The van der Waals surface area contributed by atoms with Crippen LogP contribution in [0, 0.1) is 14.9 Å². The molecule has 1 aromatic heterocycles. The minimum atomic E-state index is -1.46. The van der Waals surface area contributed by atoms with E-state index in [0.29, 0.717) is 13.1 Å². The number of alkyl halides is 1. The number of hydrogen-bond donors (Lipinski definition) is 3. The Kier molecular flexibility index (Phi) is 6.57. The van der Waals surface area contributed by atoms with Crippen LogP contribution in [0.1, 0.15) is 28.8 Å². The smallest absolute Gasteiger partial charge is 0.410 e. The van der Waals surface area contributed by atoms with E-state index >= 15 is 4.39 Å². The second kappa shape index (κ2) is 8.97. The lowest BCUT2D eigenvalue weighted by molar-refractivity contribution is 0.00694. The van der Waals surface area contributed by atoms with E-state index in [1.54, 1.807) is 0 Å². The molecule has 2 atom stereocenters. The summed E-state index contributed by atoms with van der Waals surface area (Å²) in [5, 5.41) is 24.4. The van der Waals surface area contributed by atoms with E-state index in [4.69, 9.17) is 10.8 Å². The van der Waals surface area contributed by atoms with E-state index in [2.05, 4.69) is 27.7 Å². The van der Waals surface area contributed by atoms with Crippen molar-refractivity contribution in [3.05, 3.63) is 45.2 Å². The van der Waals surface area contributed by atoms with E-state index in [1.165, 1.54) is 10.9 Å². The summed E-state index contributed by atoms with van der Waals surface area (Å²) in [6.07, 6.45) is -1.60. The van der Waals surface area contributed by atoms with Crippen molar-refractivity contribution in [3.8, 4) is 6.07 Å². The van der Waals surface area contributed by atoms with Crippen molar-refractivity contribution in [1.29, 1.82) is 5.26 Å². The number of nitrogens with zero attached hydrogens (tertiary/aromatic N) is 4. The number of carbonyl (C=O) groups excluding carboxylic acids is 1. The third-order valence-corrected chi connectivity index (χ3v) is 5.95. The Labute approximate surface area is 185 Å². The van der Waals surface area contributed by atoms with Crippen molar-refractivity contribution in [2.45, 2.75) is 31.1 Å². The predicted molar refractivity (Wildman–Crippen MR) is 115 cm³/mol. The molecular formula is C19H20FIN6O3. The van der Waals surface area contributed by atoms with Gasteiger partial charge in [-0.15, -0.1) is 0 Å². The molecule has 11 heteroatoms. The molecule has 0 aliphatic carbocycles. The molecule has 2 amide bonds. The number of nitriles is 1. The van der Waals surface area contributed by atoms with E-state index in [1.807, 2.05) is 40.6 Å². The normalized spacial score (nSPS) is 21.7. The number of piperidine rings is 1. The van der Waals surface area contributed by atoms with Crippen molar-refractivity contribution in [2.75, 3.05) is 18.4 Å². The largest absolute Gasteiger partial charge is 0.465 e. The molecule has 2 aromatic rings. The lowest BCUT2D eigenvalue weighted by Gasteiger charge is -2.43. The summed E-state index contributed by atoms with van der Waals surface area (Å²) in [7, 11) is 0. The molecule has 1 aliphatic heterocycles. The fourth-order valence-corrected chi connectivity index (χ4v) is 4.00. The van der Waals surface area contributed by atoms with Gasteiger partial charge in [0.15, 0.2) is 5.82 Å². The summed E-state index contributed by atoms with van der Waals surface area (Å²) in [6.45, 7) is 1.14. The molecule has 0 radical (unpaired) electrons. The van der Waals surface area contributed by atoms with Crippen LogP contribution in [0.3, 0.4) is 0 Å². The van der Waals surface area contributed by atoms with Gasteiger partial charge in [0.05, 0.1) is 12.5 Å². The molecule has 2 heterocycles. The molecule has 9 nitrogen and oxygen atoms in total. The molecule has 3 rings (SSSR count). The maximum absolute atomic E-state index is 15.5. The number of primary amides is 1. The van der Waals surface area contributed by atoms with Gasteiger partial charge in [0.2, 0.25) is 0 Å². The van der Waals surface area contributed by atoms with Crippen molar-refractivity contribution < 1.29 is 19.1 Å². The van der Waals surface area contributed by atoms with Gasteiger partial charge < -0.3 is 10.8 Å². The molecule has 30 heavy (non-hydrogen) atoms. The second-order valence-corrected chi connectivity index (χ2v) is 8.39. The molecule has 1 aliphatic rings. The SMILES string of the molecule is N#CCC1(n2cc(C(N)=O)c(NC(=O)O)n2)CCN(Cc2ccc(I)cc2)CC1F. The van der Waals surface area contributed by atoms with E-state index < -0.39 is 23.7 Å². The Bertz CT molecular complexity index is 989. The Morgan fingerprint density at radius 1 is 1.43 bits per heavy atom. The number of carboxylic acid groups (broad SMARTS) is 1. The monoisotopic (exact) mass is 526 g/mol. The zero-order chi connectivity index (χ0) is 21.9. The summed E-state index contributed by atoms with van der Waals surface area (Å²) >= 11 is 2.22. The van der Waals surface area contributed by atoms with Gasteiger partial charge >= 0.3 is 6.09 Å². The molecule has 0 saturated carbocycles. The van der Waals surface area contributed by atoms with Gasteiger partial charge in [-0.25, -0.2) is 9.18 Å². The van der Waals surface area contributed by atoms with Crippen molar-refractivity contribution in [3.63, 3.8) is 0 Å². The summed E-state index contributed by atoms with van der Waals surface area (Å²) < 4.78 is 17.8. The number of nitrogens with two attached hydrogens (primary N) is 1. The van der Waals surface area contributed by atoms with Gasteiger partial charge in [-0.2, -0.15) is 10.4 Å². The number of carbonyl (C=O) groups is 2. The van der Waals surface area contributed by atoms with Crippen LogP contribution in [0.25, 0.3) is 0 Å². The van der Waals surface area contributed by atoms with Gasteiger partial charge in [-0.05, 0) is 46.7 Å². The lowest BCUT2D eigenvalue weighted by atomic mass is 9.83. The van der Waals surface area contributed by atoms with Crippen LogP contribution in [0.5, 0.6) is 0 Å². The van der Waals surface area contributed by atoms with Gasteiger partial charge in [0.25, 0.3) is 5.91 Å². The highest BCUT2D eigenvalue weighted by molar-refractivity contribution is 14.1. The first kappa shape index (κ1) is 22.0. The minimum absolute atomic E-state index is 0.0706. The number of anilines is 1. The number of benzene rings is 1. The maximum atomic E-state index is 15.5. The number of aromatic nitrogens is 2. The minimum Gasteiger partial charge on any atom is -0.465 e. The highest BCUT2D eigenvalue weighted by Gasteiger charge is 2.46. The van der Waals surface area contributed by atoms with E-state index in [9.17, 15) is 14.9 Å². The van der Waals surface area contributed by atoms with Crippen molar-refractivity contribution in [2.24, 2.45) is 5.73 Å². The fourth-order valence-electron chi connectivity index (χ4n) is 3.64. The topological polar surface area (TPSA) is 137 Å². The van der Waals surface area contributed by atoms with Gasteiger partial charge in [0, 0.05) is 29.4 Å². The van der Waals surface area contributed by atoms with Crippen LogP contribution in [-0.4, -0.2) is 51.0 Å². The van der Waals surface area contributed by atoms with E-state index in [0.717, 1.165) is 9.13 Å².